The quantitative estimate of drug-likeness (QED) is 0.849. The van der Waals surface area contributed by atoms with Gasteiger partial charge in [0.15, 0.2) is 0 Å². The zero-order chi connectivity index (χ0) is 15.6. The van der Waals surface area contributed by atoms with Crippen molar-refractivity contribution in [2.24, 2.45) is 10.1 Å². The van der Waals surface area contributed by atoms with Gasteiger partial charge in [-0.05, 0) is 25.1 Å². The third kappa shape index (κ3) is 2.59. The summed E-state index contributed by atoms with van der Waals surface area (Å²) in [7, 11) is 0. The molecule has 4 heteroatoms. The summed E-state index contributed by atoms with van der Waals surface area (Å²) in [4.78, 5) is 9.15. The molecule has 4 rings (SSSR count). The second-order valence-corrected chi connectivity index (χ2v) is 5.49. The van der Waals surface area contributed by atoms with E-state index in [0.717, 1.165) is 40.6 Å². The Hall–Kier alpha value is -3.01. The molecule has 1 aromatic carbocycles. The summed E-state index contributed by atoms with van der Waals surface area (Å²) >= 11 is 0. The minimum absolute atomic E-state index is 0.771. The largest absolute Gasteiger partial charge is 0.259 e. The third-order valence-electron chi connectivity index (χ3n) is 3.82. The van der Waals surface area contributed by atoms with Crippen LogP contribution in [0.2, 0.25) is 0 Å². The van der Waals surface area contributed by atoms with E-state index in [2.05, 4.69) is 35.3 Å². The molecule has 1 aromatic heterocycles. The van der Waals surface area contributed by atoms with E-state index < -0.39 is 0 Å². The standard InChI is InChI=1S/C19H16N4/c1-14-10-11-16(13-20-14)21-19-17-9-5-6-12-23(17)22-18(19)15-7-3-2-4-8-15/h2-11,13H,12H2,1H3. The molecule has 0 amide bonds. The molecule has 3 heterocycles. The third-order valence-corrected chi connectivity index (χ3v) is 3.82. The van der Waals surface area contributed by atoms with E-state index in [1.165, 1.54) is 0 Å². The Morgan fingerprint density at radius 1 is 1.09 bits per heavy atom. The minimum Gasteiger partial charge on any atom is -0.259 e. The van der Waals surface area contributed by atoms with E-state index in [-0.39, 0.29) is 0 Å². The second-order valence-electron chi connectivity index (χ2n) is 5.49. The van der Waals surface area contributed by atoms with Gasteiger partial charge in [0.1, 0.15) is 11.4 Å². The van der Waals surface area contributed by atoms with Crippen molar-refractivity contribution >= 4 is 17.1 Å². The highest BCUT2D eigenvalue weighted by Crippen LogP contribution is 2.26. The van der Waals surface area contributed by atoms with Crippen molar-refractivity contribution in [3.8, 4) is 0 Å². The molecule has 0 radical (unpaired) electrons. The van der Waals surface area contributed by atoms with Gasteiger partial charge in [-0.3, -0.25) is 9.99 Å². The minimum atomic E-state index is 0.771. The van der Waals surface area contributed by atoms with E-state index in [9.17, 15) is 0 Å². The molecule has 0 unspecified atom stereocenters. The van der Waals surface area contributed by atoms with E-state index in [0.29, 0.717) is 0 Å². The summed E-state index contributed by atoms with van der Waals surface area (Å²) in [6.07, 6.45) is 8.00. The van der Waals surface area contributed by atoms with E-state index >= 15 is 0 Å². The molecule has 0 N–H and O–H groups in total. The molecule has 2 aromatic rings. The fraction of sp³-hybridized carbons (Fsp3) is 0.105. The summed E-state index contributed by atoms with van der Waals surface area (Å²) in [6.45, 7) is 2.74. The number of allylic oxidation sites excluding steroid dienone is 3. The first-order chi connectivity index (χ1) is 11.3. The first-order valence-corrected chi connectivity index (χ1v) is 7.62. The number of nitrogens with zero attached hydrogens (tertiary/aromatic N) is 4. The molecule has 0 saturated carbocycles. The fourth-order valence-electron chi connectivity index (χ4n) is 2.65. The number of hydrazone groups is 1. The first kappa shape index (κ1) is 13.6. The molecule has 23 heavy (non-hydrogen) atoms. The lowest BCUT2D eigenvalue weighted by Crippen LogP contribution is -2.19. The maximum atomic E-state index is 4.82. The molecule has 0 atom stereocenters. The van der Waals surface area contributed by atoms with Gasteiger partial charge in [-0.15, -0.1) is 0 Å². The Balaban J connectivity index is 1.82. The molecule has 2 aliphatic heterocycles. The highest BCUT2D eigenvalue weighted by Gasteiger charge is 2.29. The summed E-state index contributed by atoms with van der Waals surface area (Å²) in [5.74, 6) is 0. The molecule has 0 fully saturated rings. The summed E-state index contributed by atoms with van der Waals surface area (Å²) < 4.78 is 0. The number of aliphatic imine (C=N–C) groups is 1. The van der Waals surface area contributed by atoms with E-state index in [1.807, 2.05) is 42.3 Å². The summed E-state index contributed by atoms with van der Waals surface area (Å²) in [5, 5.41) is 6.74. The fourth-order valence-corrected chi connectivity index (χ4v) is 2.65. The average molecular weight is 300 g/mol. The van der Waals surface area contributed by atoms with Crippen LogP contribution < -0.4 is 0 Å². The second kappa shape index (κ2) is 5.65. The number of aromatic nitrogens is 1. The van der Waals surface area contributed by atoms with Crippen LogP contribution in [0.1, 0.15) is 11.3 Å². The van der Waals surface area contributed by atoms with Crippen LogP contribution in [0.25, 0.3) is 0 Å². The lowest BCUT2D eigenvalue weighted by atomic mass is 10.0. The maximum Gasteiger partial charge on any atom is 0.119 e. The van der Waals surface area contributed by atoms with Crippen LogP contribution in [0.3, 0.4) is 0 Å². The maximum absolute atomic E-state index is 4.82. The van der Waals surface area contributed by atoms with E-state index in [1.54, 1.807) is 6.20 Å². The Morgan fingerprint density at radius 3 is 2.74 bits per heavy atom. The number of benzene rings is 1. The molecule has 2 aliphatic rings. The number of hydrogen-bond donors (Lipinski definition) is 0. The lowest BCUT2D eigenvalue weighted by Gasteiger charge is -2.16. The van der Waals surface area contributed by atoms with Crippen molar-refractivity contribution in [3.05, 3.63) is 83.8 Å². The molecule has 0 aliphatic carbocycles. The molecule has 0 spiro atoms. The van der Waals surface area contributed by atoms with Gasteiger partial charge in [0, 0.05) is 11.3 Å². The van der Waals surface area contributed by atoms with Gasteiger partial charge < -0.3 is 0 Å². The molecule has 0 bridgehead atoms. The summed E-state index contributed by atoms with van der Waals surface area (Å²) in [5.41, 5.74) is 5.73. The summed E-state index contributed by atoms with van der Waals surface area (Å²) in [6, 6.07) is 14.1. The topological polar surface area (TPSA) is 40.9 Å². The number of aryl methyl sites for hydroxylation is 1. The Labute approximate surface area is 135 Å². The number of fused-ring (bicyclic) bond motifs is 1. The van der Waals surface area contributed by atoms with Gasteiger partial charge in [0.25, 0.3) is 0 Å². The first-order valence-electron chi connectivity index (χ1n) is 7.62. The Bertz CT molecular complexity index is 843. The van der Waals surface area contributed by atoms with Crippen molar-refractivity contribution in [2.45, 2.75) is 6.92 Å². The smallest absolute Gasteiger partial charge is 0.119 e. The van der Waals surface area contributed by atoms with Crippen molar-refractivity contribution in [1.82, 2.24) is 9.99 Å². The van der Waals surface area contributed by atoms with Crippen LogP contribution in [0, 0.1) is 6.92 Å². The number of rotatable bonds is 2. The Kier molecular flexibility index (Phi) is 3.35. The predicted molar refractivity (Wildman–Crippen MR) is 93.0 cm³/mol. The van der Waals surface area contributed by atoms with Crippen LogP contribution >= 0.6 is 0 Å². The Morgan fingerprint density at radius 2 is 1.96 bits per heavy atom. The van der Waals surface area contributed by atoms with Gasteiger partial charge >= 0.3 is 0 Å². The van der Waals surface area contributed by atoms with Crippen molar-refractivity contribution in [3.63, 3.8) is 0 Å². The van der Waals surface area contributed by atoms with Crippen LogP contribution in [0.15, 0.2) is 82.7 Å². The van der Waals surface area contributed by atoms with Crippen LogP contribution in [0.5, 0.6) is 0 Å². The van der Waals surface area contributed by atoms with Gasteiger partial charge in [0.2, 0.25) is 0 Å². The zero-order valence-corrected chi connectivity index (χ0v) is 12.8. The molecule has 4 nitrogen and oxygen atoms in total. The normalized spacial score (nSPS) is 18.0. The molecular formula is C19H16N4. The van der Waals surface area contributed by atoms with Gasteiger partial charge in [-0.1, -0.05) is 42.5 Å². The monoisotopic (exact) mass is 300 g/mol. The number of pyridine rings is 1. The SMILES string of the molecule is Cc1ccc(N=C2C3=CC=CCN3N=C2c2ccccc2)cn1. The number of hydrogen-bond acceptors (Lipinski definition) is 4. The van der Waals surface area contributed by atoms with Crippen LogP contribution in [-0.2, 0) is 0 Å². The molecule has 0 saturated heterocycles. The van der Waals surface area contributed by atoms with Gasteiger partial charge in [-0.25, -0.2) is 4.99 Å². The molecular weight excluding hydrogens is 284 g/mol. The van der Waals surface area contributed by atoms with Gasteiger partial charge in [-0.2, -0.15) is 5.10 Å². The lowest BCUT2D eigenvalue weighted by molar-refractivity contribution is 0.432. The van der Waals surface area contributed by atoms with E-state index in [4.69, 9.17) is 10.1 Å². The van der Waals surface area contributed by atoms with Crippen molar-refractivity contribution in [1.29, 1.82) is 0 Å². The predicted octanol–water partition coefficient (Wildman–Crippen LogP) is 3.64. The van der Waals surface area contributed by atoms with Crippen molar-refractivity contribution < 1.29 is 0 Å². The van der Waals surface area contributed by atoms with Crippen molar-refractivity contribution in [2.75, 3.05) is 6.54 Å². The molecule has 112 valence electrons. The van der Waals surface area contributed by atoms with Crippen LogP contribution in [-0.4, -0.2) is 28.0 Å². The van der Waals surface area contributed by atoms with Gasteiger partial charge in [0.05, 0.1) is 24.1 Å². The highest BCUT2D eigenvalue weighted by atomic mass is 15.5. The van der Waals surface area contributed by atoms with Crippen LogP contribution in [0.4, 0.5) is 5.69 Å². The zero-order valence-electron chi connectivity index (χ0n) is 12.8. The highest BCUT2D eigenvalue weighted by molar-refractivity contribution is 6.55. The average Bonchev–Trinajstić information content (AvgIpc) is 2.96.